The number of benzene rings is 2. The van der Waals surface area contributed by atoms with Gasteiger partial charge in [0, 0.05) is 5.56 Å². The van der Waals surface area contributed by atoms with E-state index in [-0.39, 0.29) is 0 Å². The van der Waals surface area contributed by atoms with Crippen molar-refractivity contribution in [2.45, 2.75) is 0 Å². The van der Waals surface area contributed by atoms with Crippen LogP contribution in [0.3, 0.4) is 0 Å². The van der Waals surface area contributed by atoms with E-state index in [1.54, 1.807) is 7.11 Å². The Morgan fingerprint density at radius 3 is 2.13 bits per heavy atom. The first-order chi connectivity index (χ1) is 7.33. The minimum atomic E-state index is 0.883. The summed E-state index contributed by atoms with van der Waals surface area (Å²) in [5, 5.41) is 0. The number of ether oxygens (including phenoxy) is 1. The Hall–Kier alpha value is -1.76. The summed E-state index contributed by atoms with van der Waals surface area (Å²) in [6.45, 7) is 4.02. The Labute approximate surface area is 90.3 Å². The monoisotopic (exact) mass is 197 g/mol. The van der Waals surface area contributed by atoms with Crippen molar-refractivity contribution in [2.75, 3.05) is 7.11 Å². The highest BCUT2D eigenvalue weighted by Crippen LogP contribution is 2.31. The van der Waals surface area contributed by atoms with Crippen molar-refractivity contribution in [3.8, 4) is 16.9 Å². The molecule has 1 nitrogen and oxygen atoms in total. The molecule has 0 aromatic heterocycles. The molecule has 0 fully saturated rings. The van der Waals surface area contributed by atoms with Crippen molar-refractivity contribution in [1.29, 1.82) is 0 Å². The van der Waals surface area contributed by atoms with Crippen LogP contribution in [-0.2, 0) is 0 Å². The molecule has 0 saturated carbocycles. The lowest BCUT2D eigenvalue weighted by Crippen LogP contribution is -1.88. The zero-order valence-electron chi connectivity index (χ0n) is 8.73. The second kappa shape index (κ2) is 4.18. The molecule has 1 heteroatoms. The van der Waals surface area contributed by atoms with Gasteiger partial charge >= 0.3 is 0 Å². The highest BCUT2D eigenvalue weighted by molar-refractivity contribution is 5.73. The van der Waals surface area contributed by atoms with Crippen LogP contribution in [0.15, 0.2) is 48.5 Å². The molecule has 2 rings (SSSR count). The van der Waals surface area contributed by atoms with Crippen molar-refractivity contribution in [3.63, 3.8) is 0 Å². The minimum absolute atomic E-state index is 0.883. The van der Waals surface area contributed by atoms with Gasteiger partial charge in [0.05, 0.1) is 7.11 Å². The van der Waals surface area contributed by atoms with Gasteiger partial charge in [-0.15, -0.1) is 0 Å². The molecular weight excluding hydrogens is 184 g/mol. The first-order valence-corrected chi connectivity index (χ1v) is 4.87. The Morgan fingerprint density at radius 1 is 0.867 bits per heavy atom. The molecule has 2 aromatic carbocycles. The summed E-state index contributed by atoms with van der Waals surface area (Å²) in [5.41, 5.74) is 3.22. The fourth-order valence-corrected chi connectivity index (χ4v) is 1.65. The molecule has 0 heterocycles. The molecule has 1 radical (unpaired) electrons. The maximum Gasteiger partial charge on any atom is 0.126 e. The Morgan fingerprint density at radius 2 is 1.47 bits per heavy atom. The molecule has 0 spiro atoms. The van der Waals surface area contributed by atoms with Gasteiger partial charge in [0.25, 0.3) is 0 Å². The van der Waals surface area contributed by atoms with Gasteiger partial charge in [-0.25, -0.2) is 0 Å². The number of methoxy groups -OCH3 is 1. The van der Waals surface area contributed by atoms with Crippen molar-refractivity contribution < 1.29 is 4.74 Å². The van der Waals surface area contributed by atoms with Crippen LogP contribution in [0.2, 0.25) is 0 Å². The molecule has 75 valence electrons. The number of para-hydroxylation sites is 1. The normalized spacial score (nSPS) is 10.0. The molecule has 0 N–H and O–H groups in total. The molecule has 2 aromatic rings. The quantitative estimate of drug-likeness (QED) is 0.715. The van der Waals surface area contributed by atoms with Gasteiger partial charge in [-0.05, 0) is 24.1 Å². The van der Waals surface area contributed by atoms with E-state index < -0.39 is 0 Å². The van der Waals surface area contributed by atoms with E-state index in [9.17, 15) is 0 Å². The molecule has 15 heavy (non-hydrogen) atoms. The fraction of sp³-hybridized carbons (Fsp3) is 0.0714. The average Bonchev–Trinajstić information content (AvgIpc) is 2.30. The topological polar surface area (TPSA) is 9.23 Å². The van der Waals surface area contributed by atoms with Crippen molar-refractivity contribution in [3.05, 3.63) is 61.0 Å². The SMILES string of the molecule is [CH2]c1ccccc1-c1ccccc1OC. The smallest absolute Gasteiger partial charge is 0.126 e. The summed E-state index contributed by atoms with van der Waals surface area (Å²) in [4.78, 5) is 0. The zero-order chi connectivity index (χ0) is 10.7. The summed E-state index contributed by atoms with van der Waals surface area (Å²) in [5.74, 6) is 0.883. The van der Waals surface area contributed by atoms with Gasteiger partial charge in [0.2, 0.25) is 0 Å². The molecule has 0 saturated heterocycles. The van der Waals surface area contributed by atoms with Gasteiger partial charge in [0.1, 0.15) is 5.75 Å². The van der Waals surface area contributed by atoms with Gasteiger partial charge in [-0.2, -0.15) is 0 Å². The summed E-state index contributed by atoms with van der Waals surface area (Å²) in [6.07, 6.45) is 0. The molecule has 0 amide bonds. The lowest BCUT2D eigenvalue weighted by Gasteiger charge is -2.10. The predicted octanol–water partition coefficient (Wildman–Crippen LogP) is 3.54. The second-order valence-electron chi connectivity index (χ2n) is 3.36. The third-order valence-corrected chi connectivity index (χ3v) is 2.41. The van der Waals surface area contributed by atoms with Crippen LogP contribution in [0, 0.1) is 6.92 Å². The maximum absolute atomic E-state index is 5.33. The lowest BCUT2D eigenvalue weighted by atomic mass is 10.00. The predicted molar refractivity (Wildman–Crippen MR) is 62.9 cm³/mol. The molecular formula is C14H13O. The summed E-state index contributed by atoms with van der Waals surface area (Å²) in [6, 6.07) is 16.0. The van der Waals surface area contributed by atoms with Crippen LogP contribution < -0.4 is 4.74 Å². The van der Waals surface area contributed by atoms with Gasteiger partial charge in [-0.3, -0.25) is 0 Å². The standard InChI is InChI=1S/C14H13O/c1-11-7-3-4-8-12(11)13-9-5-6-10-14(13)15-2/h3-10H,1H2,2H3. The Balaban J connectivity index is 2.59. The van der Waals surface area contributed by atoms with Crippen LogP contribution in [0.25, 0.3) is 11.1 Å². The van der Waals surface area contributed by atoms with E-state index in [1.165, 1.54) is 0 Å². The molecule has 0 aliphatic carbocycles. The third-order valence-electron chi connectivity index (χ3n) is 2.41. The van der Waals surface area contributed by atoms with Crippen LogP contribution >= 0.6 is 0 Å². The van der Waals surface area contributed by atoms with Gasteiger partial charge < -0.3 is 4.74 Å². The largest absolute Gasteiger partial charge is 0.496 e. The summed E-state index contributed by atoms with van der Waals surface area (Å²) >= 11 is 0. The van der Waals surface area contributed by atoms with E-state index >= 15 is 0 Å². The number of hydrogen-bond donors (Lipinski definition) is 0. The Kier molecular flexibility index (Phi) is 2.72. The average molecular weight is 197 g/mol. The molecule has 0 aliphatic rings. The van der Waals surface area contributed by atoms with Gasteiger partial charge in [0.15, 0.2) is 0 Å². The van der Waals surface area contributed by atoms with Crippen molar-refractivity contribution in [2.24, 2.45) is 0 Å². The highest BCUT2D eigenvalue weighted by Gasteiger charge is 2.05. The van der Waals surface area contributed by atoms with Crippen LogP contribution in [0.1, 0.15) is 5.56 Å². The van der Waals surface area contributed by atoms with Crippen molar-refractivity contribution in [1.82, 2.24) is 0 Å². The molecule has 0 bridgehead atoms. The Bertz CT molecular complexity index is 460. The van der Waals surface area contributed by atoms with Gasteiger partial charge in [-0.1, -0.05) is 42.5 Å². The molecule has 0 aliphatic heterocycles. The molecule has 0 atom stereocenters. The lowest BCUT2D eigenvalue weighted by molar-refractivity contribution is 0.416. The first-order valence-electron chi connectivity index (χ1n) is 4.87. The second-order valence-corrected chi connectivity index (χ2v) is 3.36. The van der Waals surface area contributed by atoms with Crippen molar-refractivity contribution >= 4 is 0 Å². The van der Waals surface area contributed by atoms with E-state index in [1.807, 2.05) is 42.5 Å². The summed E-state index contributed by atoms with van der Waals surface area (Å²) in [7, 11) is 1.69. The van der Waals surface area contributed by atoms with E-state index in [4.69, 9.17) is 4.74 Å². The first kappa shape index (κ1) is 9.78. The zero-order valence-corrected chi connectivity index (χ0v) is 8.73. The van der Waals surface area contributed by atoms with Crippen LogP contribution in [0.4, 0.5) is 0 Å². The third kappa shape index (κ3) is 1.86. The van der Waals surface area contributed by atoms with Crippen LogP contribution in [-0.4, -0.2) is 7.11 Å². The highest BCUT2D eigenvalue weighted by atomic mass is 16.5. The minimum Gasteiger partial charge on any atom is -0.496 e. The van der Waals surface area contributed by atoms with E-state index in [2.05, 4.69) is 13.0 Å². The maximum atomic E-state index is 5.33. The van der Waals surface area contributed by atoms with E-state index in [0.29, 0.717) is 0 Å². The number of hydrogen-bond acceptors (Lipinski definition) is 1. The fourth-order valence-electron chi connectivity index (χ4n) is 1.65. The van der Waals surface area contributed by atoms with E-state index in [0.717, 1.165) is 22.4 Å². The molecule has 0 unspecified atom stereocenters. The number of rotatable bonds is 2. The van der Waals surface area contributed by atoms with Crippen LogP contribution in [0.5, 0.6) is 5.75 Å². The summed E-state index contributed by atoms with van der Waals surface area (Å²) < 4.78 is 5.33.